The van der Waals surface area contributed by atoms with Crippen molar-refractivity contribution in [3.8, 4) is 17.0 Å². The Kier molecular flexibility index (Phi) is 5.45. The van der Waals surface area contributed by atoms with Gasteiger partial charge in [-0.2, -0.15) is 5.10 Å². The maximum Gasteiger partial charge on any atom is 0.272 e. The van der Waals surface area contributed by atoms with E-state index >= 15 is 0 Å². The number of piperazine rings is 1. The minimum atomic E-state index is -0.00132. The van der Waals surface area contributed by atoms with Gasteiger partial charge in [0.2, 0.25) is 0 Å². The van der Waals surface area contributed by atoms with E-state index in [2.05, 4.69) is 10.00 Å². The molecule has 7 heteroatoms. The van der Waals surface area contributed by atoms with E-state index in [4.69, 9.17) is 16.3 Å². The number of ether oxygens (including phenoxy) is 1. The fourth-order valence-electron chi connectivity index (χ4n) is 3.59. The van der Waals surface area contributed by atoms with Gasteiger partial charge in [-0.05, 0) is 42.5 Å². The molecule has 0 unspecified atom stereocenters. The normalized spacial score (nSPS) is 14.2. The van der Waals surface area contributed by atoms with Gasteiger partial charge in [0.25, 0.3) is 5.91 Å². The molecule has 1 aromatic heterocycles. The first kappa shape index (κ1) is 19.3. The summed E-state index contributed by atoms with van der Waals surface area (Å²) in [7, 11) is 3.44. The average Bonchev–Trinajstić information content (AvgIpc) is 3.15. The molecule has 29 heavy (non-hydrogen) atoms. The number of aromatic nitrogens is 2. The van der Waals surface area contributed by atoms with Gasteiger partial charge in [-0.3, -0.25) is 9.48 Å². The molecule has 2 aromatic carbocycles. The lowest BCUT2D eigenvalue weighted by Gasteiger charge is -2.36. The number of aryl methyl sites for hydroxylation is 1. The molecule has 1 saturated heterocycles. The Balaban J connectivity index is 1.46. The highest BCUT2D eigenvalue weighted by Gasteiger charge is 2.25. The molecule has 3 aromatic rings. The van der Waals surface area contributed by atoms with Gasteiger partial charge < -0.3 is 14.5 Å². The van der Waals surface area contributed by atoms with Crippen LogP contribution in [0.5, 0.6) is 5.75 Å². The molecular formula is C22H23ClN4O2. The van der Waals surface area contributed by atoms with Crippen molar-refractivity contribution in [3.63, 3.8) is 0 Å². The summed E-state index contributed by atoms with van der Waals surface area (Å²) in [5.74, 6) is 0.788. The van der Waals surface area contributed by atoms with Crippen molar-refractivity contribution in [1.29, 1.82) is 0 Å². The van der Waals surface area contributed by atoms with Crippen molar-refractivity contribution in [2.45, 2.75) is 0 Å². The smallest absolute Gasteiger partial charge is 0.272 e. The molecule has 150 valence electrons. The van der Waals surface area contributed by atoms with E-state index in [1.807, 2.05) is 59.5 Å². The summed E-state index contributed by atoms with van der Waals surface area (Å²) >= 11 is 6.31. The Labute approximate surface area is 175 Å². The van der Waals surface area contributed by atoms with Gasteiger partial charge in [0.15, 0.2) is 0 Å². The van der Waals surface area contributed by atoms with E-state index < -0.39 is 0 Å². The lowest BCUT2D eigenvalue weighted by atomic mass is 10.1. The monoisotopic (exact) mass is 410 g/mol. The number of halogens is 1. The maximum atomic E-state index is 13.1. The van der Waals surface area contributed by atoms with Gasteiger partial charge in [-0.15, -0.1) is 0 Å². The number of rotatable bonds is 4. The first-order valence-electron chi connectivity index (χ1n) is 9.54. The van der Waals surface area contributed by atoms with Crippen LogP contribution in [-0.2, 0) is 7.05 Å². The fourth-order valence-corrected chi connectivity index (χ4v) is 3.85. The van der Waals surface area contributed by atoms with Gasteiger partial charge in [0.05, 0.1) is 23.5 Å². The zero-order chi connectivity index (χ0) is 20.4. The van der Waals surface area contributed by atoms with Crippen LogP contribution in [0.1, 0.15) is 10.5 Å². The molecule has 0 atom stereocenters. The zero-order valence-electron chi connectivity index (χ0n) is 16.5. The summed E-state index contributed by atoms with van der Waals surface area (Å²) in [5, 5.41) is 5.27. The number of nitrogens with zero attached hydrogens (tertiary/aromatic N) is 4. The van der Waals surface area contributed by atoms with Crippen molar-refractivity contribution in [2.24, 2.45) is 7.05 Å². The lowest BCUT2D eigenvalue weighted by molar-refractivity contribution is 0.0735. The Morgan fingerprint density at radius 1 is 1.03 bits per heavy atom. The van der Waals surface area contributed by atoms with Crippen molar-refractivity contribution in [2.75, 3.05) is 38.2 Å². The van der Waals surface area contributed by atoms with Crippen LogP contribution in [0.15, 0.2) is 54.6 Å². The van der Waals surface area contributed by atoms with Crippen molar-refractivity contribution in [1.82, 2.24) is 14.7 Å². The highest BCUT2D eigenvalue weighted by atomic mass is 35.5. The zero-order valence-corrected chi connectivity index (χ0v) is 17.3. The van der Waals surface area contributed by atoms with Crippen molar-refractivity contribution >= 4 is 23.2 Å². The molecule has 2 heterocycles. The van der Waals surface area contributed by atoms with Crippen LogP contribution in [0.2, 0.25) is 5.02 Å². The first-order valence-corrected chi connectivity index (χ1v) is 9.92. The Morgan fingerprint density at radius 2 is 1.72 bits per heavy atom. The van der Waals surface area contributed by atoms with E-state index in [0.29, 0.717) is 18.8 Å². The van der Waals surface area contributed by atoms with Crippen molar-refractivity contribution < 1.29 is 9.53 Å². The second-order valence-electron chi connectivity index (χ2n) is 7.00. The summed E-state index contributed by atoms with van der Waals surface area (Å²) < 4.78 is 6.86. The number of carbonyl (C=O) groups is 1. The fraction of sp³-hybridized carbons (Fsp3) is 0.273. The summed E-state index contributed by atoms with van der Waals surface area (Å²) in [6, 6.07) is 17.3. The third-order valence-electron chi connectivity index (χ3n) is 5.24. The second kappa shape index (κ2) is 8.17. The number of anilines is 1. The van der Waals surface area contributed by atoms with Gasteiger partial charge in [0.1, 0.15) is 11.4 Å². The number of amides is 1. The van der Waals surface area contributed by atoms with Crippen LogP contribution in [0.3, 0.4) is 0 Å². The van der Waals surface area contributed by atoms with E-state index in [9.17, 15) is 4.79 Å². The molecule has 0 N–H and O–H groups in total. The van der Waals surface area contributed by atoms with Crippen LogP contribution >= 0.6 is 11.6 Å². The highest BCUT2D eigenvalue weighted by Crippen LogP contribution is 2.27. The predicted octanol–water partition coefficient (Wildman–Crippen LogP) is 3.71. The molecule has 4 rings (SSSR count). The molecule has 0 bridgehead atoms. The third kappa shape index (κ3) is 3.93. The molecule has 0 saturated carbocycles. The van der Waals surface area contributed by atoms with Gasteiger partial charge in [-0.25, -0.2) is 0 Å². The minimum absolute atomic E-state index is 0.00132. The summed E-state index contributed by atoms with van der Waals surface area (Å²) in [4.78, 5) is 17.2. The number of methoxy groups -OCH3 is 1. The minimum Gasteiger partial charge on any atom is -0.497 e. The van der Waals surface area contributed by atoms with Crippen LogP contribution in [0, 0.1) is 0 Å². The Morgan fingerprint density at radius 3 is 2.38 bits per heavy atom. The van der Waals surface area contributed by atoms with Crippen LogP contribution < -0.4 is 9.64 Å². The standard InChI is InChI=1S/C22H23ClN4O2/c1-25-21(15-19(24-25)16-7-9-17(29-2)10-8-16)22(28)27-13-11-26(12-14-27)20-6-4-3-5-18(20)23/h3-10,15H,11-14H2,1-2H3. The average molecular weight is 411 g/mol. The molecule has 1 fully saturated rings. The van der Waals surface area contributed by atoms with E-state index in [1.54, 1.807) is 18.8 Å². The van der Waals surface area contributed by atoms with Crippen LogP contribution in [-0.4, -0.2) is 53.9 Å². The van der Waals surface area contributed by atoms with Crippen molar-refractivity contribution in [3.05, 3.63) is 65.3 Å². The van der Waals surface area contributed by atoms with Crippen LogP contribution in [0.4, 0.5) is 5.69 Å². The molecule has 0 aliphatic carbocycles. The number of benzene rings is 2. The predicted molar refractivity (Wildman–Crippen MR) is 115 cm³/mol. The quantitative estimate of drug-likeness (QED) is 0.658. The number of hydrogen-bond acceptors (Lipinski definition) is 4. The van der Waals surface area contributed by atoms with E-state index in [-0.39, 0.29) is 5.91 Å². The Bertz CT molecular complexity index is 1010. The second-order valence-corrected chi connectivity index (χ2v) is 7.40. The van der Waals surface area contributed by atoms with E-state index in [0.717, 1.165) is 40.8 Å². The largest absolute Gasteiger partial charge is 0.497 e. The molecule has 1 aliphatic rings. The van der Waals surface area contributed by atoms with Gasteiger partial charge >= 0.3 is 0 Å². The summed E-state index contributed by atoms with van der Waals surface area (Å²) in [6.07, 6.45) is 0. The molecular weight excluding hydrogens is 388 g/mol. The first-order chi connectivity index (χ1) is 14.1. The topological polar surface area (TPSA) is 50.6 Å². The number of carbonyl (C=O) groups excluding carboxylic acids is 1. The molecule has 0 radical (unpaired) electrons. The molecule has 1 aliphatic heterocycles. The van der Waals surface area contributed by atoms with E-state index in [1.165, 1.54) is 0 Å². The molecule has 1 amide bonds. The highest BCUT2D eigenvalue weighted by molar-refractivity contribution is 6.33. The molecule has 0 spiro atoms. The van der Waals surface area contributed by atoms with Gasteiger partial charge in [-0.1, -0.05) is 23.7 Å². The number of hydrogen-bond donors (Lipinski definition) is 0. The third-order valence-corrected chi connectivity index (χ3v) is 5.56. The summed E-state index contributed by atoms with van der Waals surface area (Å²) in [6.45, 7) is 2.79. The Hall–Kier alpha value is -2.99. The van der Waals surface area contributed by atoms with Gasteiger partial charge in [0, 0.05) is 38.8 Å². The maximum absolute atomic E-state index is 13.1. The lowest BCUT2D eigenvalue weighted by Crippen LogP contribution is -2.49. The molecule has 6 nitrogen and oxygen atoms in total. The van der Waals surface area contributed by atoms with Crippen LogP contribution in [0.25, 0.3) is 11.3 Å². The SMILES string of the molecule is COc1ccc(-c2cc(C(=O)N3CCN(c4ccccc4Cl)CC3)n(C)n2)cc1. The summed E-state index contributed by atoms with van der Waals surface area (Å²) in [5.41, 5.74) is 3.32. The number of para-hydroxylation sites is 1.